The van der Waals surface area contributed by atoms with Gasteiger partial charge in [0.1, 0.15) is 12.2 Å². The van der Waals surface area contributed by atoms with E-state index >= 15 is 0 Å². The predicted molar refractivity (Wildman–Crippen MR) is 166 cm³/mol. The van der Waals surface area contributed by atoms with Crippen molar-refractivity contribution in [1.29, 1.82) is 0 Å². The number of hydrogen-bond acceptors (Lipinski definition) is 5. The quantitative estimate of drug-likeness (QED) is 0.225. The van der Waals surface area contributed by atoms with Crippen LogP contribution in [0.4, 0.5) is 0 Å². The Labute approximate surface area is 245 Å². The van der Waals surface area contributed by atoms with Gasteiger partial charge in [-0.15, -0.1) is 0 Å². The second-order valence-corrected chi connectivity index (χ2v) is 12.5. The van der Waals surface area contributed by atoms with Crippen LogP contribution in [0.25, 0.3) is 0 Å². The molecule has 0 heterocycles. The maximum Gasteiger partial charge on any atom is 0.303 e. The first-order chi connectivity index (χ1) is 18.9. The third-order valence-corrected chi connectivity index (χ3v) is 8.10. The Bertz CT molecular complexity index is 839. The SMILES string of the molecule is CCC1CC(C)=CC(OC(C)=O)C1.CCCCC1CC(C)=CC(O)C1.CCCCC1CC(C)=CC(OC(C)=O)C1. The second-order valence-electron chi connectivity index (χ2n) is 12.5. The Balaban J connectivity index is 0.000000302. The number of allylic oxidation sites excluding steroid dienone is 3. The topological polar surface area (TPSA) is 72.8 Å². The van der Waals surface area contributed by atoms with Crippen molar-refractivity contribution in [1.82, 2.24) is 0 Å². The molecule has 6 unspecified atom stereocenters. The lowest BCUT2D eigenvalue weighted by molar-refractivity contribution is -0.146. The fourth-order valence-electron chi connectivity index (χ4n) is 6.31. The van der Waals surface area contributed by atoms with Crippen LogP contribution in [-0.4, -0.2) is 35.4 Å². The zero-order valence-corrected chi connectivity index (χ0v) is 27.0. The Morgan fingerprint density at radius 3 is 1.50 bits per heavy atom. The molecule has 230 valence electrons. The van der Waals surface area contributed by atoms with Crippen LogP contribution in [0.2, 0.25) is 0 Å². The van der Waals surface area contributed by atoms with Crippen molar-refractivity contribution in [3.8, 4) is 0 Å². The summed E-state index contributed by atoms with van der Waals surface area (Å²) < 4.78 is 10.4. The summed E-state index contributed by atoms with van der Waals surface area (Å²) in [6, 6.07) is 0. The molecule has 5 heteroatoms. The zero-order valence-electron chi connectivity index (χ0n) is 27.0. The van der Waals surface area contributed by atoms with Gasteiger partial charge in [-0.1, -0.05) is 88.5 Å². The van der Waals surface area contributed by atoms with Gasteiger partial charge in [0.05, 0.1) is 6.10 Å². The Morgan fingerprint density at radius 1 is 0.700 bits per heavy atom. The van der Waals surface area contributed by atoms with Crippen molar-refractivity contribution in [2.75, 3.05) is 0 Å². The van der Waals surface area contributed by atoms with Crippen molar-refractivity contribution in [3.63, 3.8) is 0 Å². The molecule has 3 aliphatic carbocycles. The Kier molecular flexibility index (Phi) is 18.1. The molecule has 5 nitrogen and oxygen atoms in total. The molecule has 0 radical (unpaired) electrons. The van der Waals surface area contributed by atoms with Crippen LogP contribution in [-0.2, 0) is 19.1 Å². The van der Waals surface area contributed by atoms with Crippen molar-refractivity contribution in [2.45, 2.75) is 157 Å². The summed E-state index contributed by atoms with van der Waals surface area (Å²) in [6.45, 7) is 16.0. The van der Waals surface area contributed by atoms with E-state index in [0.29, 0.717) is 11.8 Å². The van der Waals surface area contributed by atoms with E-state index in [9.17, 15) is 14.7 Å². The standard InChI is InChI=1S/C13H22O2.C11H18O2.C11H20O/c1-4-5-6-12-7-10(2)8-13(9-12)15-11(3)14;1-4-10-5-8(2)6-11(7-10)13-9(3)12;1-3-4-5-10-6-9(2)7-11(12)8-10/h8,12-13H,4-7,9H2,1-3H3;6,10-11H,4-5,7H2,1-3H3;7,10-12H,3-6,8H2,1-2H3. The fourth-order valence-corrected chi connectivity index (χ4v) is 6.31. The number of aliphatic hydroxyl groups is 1. The summed E-state index contributed by atoms with van der Waals surface area (Å²) in [5, 5.41) is 9.47. The highest BCUT2D eigenvalue weighted by molar-refractivity contribution is 5.66. The molecule has 0 aromatic heterocycles. The number of hydrogen-bond donors (Lipinski definition) is 1. The summed E-state index contributed by atoms with van der Waals surface area (Å²) in [6.07, 6.45) is 21.4. The lowest BCUT2D eigenvalue weighted by Crippen LogP contribution is -2.22. The summed E-state index contributed by atoms with van der Waals surface area (Å²) in [7, 11) is 0. The van der Waals surface area contributed by atoms with Crippen molar-refractivity contribution in [2.24, 2.45) is 17.8 Å². The van der Waals surface area contributed by atoms with E-state index in [4.69, 9.17) is 9.47 Å². The van der Waals surface area contributed by atoms with Crippen molar-refractivity contribution in [3.05, 3.63) is 34.9 Å². The molecule has 3 aliphatic rings. The average molecular weight is 561 g/mol. The summed E-state index contributed by atoms with van der Waals surface area (Å²) >= 11 is 0. The van der Waals surface area contributed by atoms with Crippen LogP contribution in [0.15, 0.2) is 34.9 Å². The van der Waals surface area contributed by atoms with Gasteiger partial charge in [-0.25, -0.2) is 0 Å². The monoisotopic (exact) mass is 560 g/mol. The van der Waals surface area contributed by atoms with Gasteiger partial charge in [-0.2, -0.15) is 0 Å². The minimum absolute atomic E-state index is 0.0243. The van der Waals surface area contributed by atoms with Gasteiger partial charge >= 0.3 is 11.9 Å². The van der Waals surface area contributed by atoms with Crippen LogP contribution in [0.1, 0.15) is 139 Å². The molecular weight excluding hydrogens is 500 g/mol. The Hall–Kier alpha value is -1.88. The number of aliphatic hydroxyl groups excluding tert-OH is 1. The zero-order chi connectivity index (χ0) is 30.1. The normalized spacial score (nSPS) is 27.9. The summed E-state index contributed by atoms with van der Waals surface area (Å²) in [5.41, 5.74) is 4.09. The molecule has 40 heavy (non-hydrogen) atoms. The molecule has 0 aliphatic heterocycles. The lowest BCUT2D eigenvalue weighted by atomic mass is 9.84. The first-order valence-electron chi connectivity index (χ1n) is 16.0. The predicted octanol–water partition coefficient (Wildman–Crippen LogP) is 9.04. The van der Waals surface area contributed by atoms with E-state index < -0.39 is 0 Å². The van der Waals surface area contributed by atoms with E-state index in [-0.39, 0.29) is 30.3 Å². The van der Waals surface area contributed by atoms with Crippen LogP contribution >= 0.6 is 0 Å². The number of esters is 2. The molecular formula is C35H60O5. The highest BCUT2D eigenvalue weighted by Crippen LogP contribution is 2.30. The van der Waals surface area contributed by atoms with E-state index in [1.165, 1.54) is 88.4 Å². The number of ether oxygens (including phenoxy) is 2. The molecule has 0 amide bonds. The van der Waals surface area contributed by atoms with Gasteiger partial charge in [0.15, 0.2) is 0 Å². The molecule has 0 spiro atoms. The molecule has 0 aromatic carbocycles. The third-order valence-electron chi connectivity index (χ3n) is 8.10. The highest BCUT2D eigenvalue weighted by Gasteiger charge is 2.23. The van der Waals surface area contributed by atoms with Crippen molar-refractivity contribution < 1.29 is 24.2 Å². The largest absolute Gasteiger partial charge is 0.458 e. The smallest absolute Gasteiger partial charge is 0.303 e. The van der Waals surface area contributed by atoms with E-state index in [1.807, 2.05) is 6.08 Å². The molecule has 0 fully saturated rings. The minimum atomic E-state index is -0.175. The molecule has 0 bridgehead atoms. The van der Waals surface area contributed by atoms with Gasteiger partial charge in [0.25, 0.3) is 0 Å². The molecule has 3 rings (SSSR count). The average Bonchev–Trinajstić information content (AvgIpc) is 2.85. The Morgan fingerprint density at radius 2 is 1.10 bits per heavy atom. The number of carbonyl (C=O) groups excluding carboxylic acids is 2. The first kappa shape index (κ1) is 36.1. The number of carbonyl (C=O) groups is 2. The van der Waals surface area contributed by atoms with Gasteiger partial charge in [0, 0.05) is 13.8 Å². The van der Waals surface area contributed by atoms with Gasteiger partial charge in [-0.05, 0) is 89.2 Å². The molecule has 6 atom stereocenters. The third kappa shape index (κ3) is 16.4. The van der Waals surface area contributed by atoms with Crippen LogP contribution in [0.3, 0.4) is 0 Å². The second kappa shape index (κ2) is 20.1. The summed E-state index contributed by atoms with van der Waals surface area (Å²) in [4.78, 5) is 21.7. The highest BCUT2D eigenvalue weighted by atomic mass is 16.5. The molecule has 0 saturated heterocycles. The molecule has 1 N–H and O–H groups in total. The summed E-state index contributed by atoms with van der Waals surface area (Å²) in [5.74, 6) is 1.80. The first-order valence-corrected chi connectivity index (χ1v) is 16.0. The lowest BCUT2D eigenvalue weighted by Gasteiger charge is -2.27. The van der Waals surface area contributed by atoms with Crippen LogP contribution in [0.5, 0.6) is 0 Å². The van der Waals surface area contributed by atoms with Gasteiger partial charge in [0.2, 0.25) is 0 Å². The maximum absolute atomic E-state index is 10.9. The van der Waals surface area contributed by atoms with Crippen molar-refractivity contribution >= 4 is 11.9 Å². The minimum Gasteiger partial charge on any atom is -0.458 e. The maximum atomic E-state index is 10.9. The van der Waals surface area contributed by atoms with Gasteiger partial charge < -0.3 is 14.6 Å². The fraction of sp³-hybridized carbons (Fsp3) is 0.771. The van der Waals surface area contributed by atoms with Gasteiger partial charge in [-0.3, -0.25) is 9.59 Å². The number of unbranched alkanes of at least 4 members (excludes halogenated alkanes) is 2. The molecule has 0 saturated carbocycles. The number of rotatable bonds is 9. The van der Waals surface area contributed by atoms with Crippen LogP contribution in [0, 0.1) is 17.8 Å². The van der Waals surface area contributed by atoms with E-state index in [2.05, 4.69) is 53.7 Å². The van der Waals surface area contributed by atoms with E-state index in [1.54, 1.807) is 0 Å². The van der Waals surface area contributed by atoms with E-state index in [0.717, 1.165) is 31.6 Å². The van der Waals surface area contributed by atoms with Crippen LogP contribution < -0.4 is 0 Å². The molecule has 0 aromatic rings.